The van der Waals surface area contributed by atoms with Gasteiger partial charge in [-0.25, -0.2) is 0 Å². The molecule has 0 aliphatic heterocycles. The number of furan rings is 1. The molecule has 0 aliphatic carbocycles. The number of hydrogen-bond donors (Lipinski definition) is 2. The zero-order valence-corrected chi connectivity index (χ0v) is 18.1. The minimum Gasteiger partial charge on any atom is -0.457 e. The molecule has 0 saturated heterocycles. The number of hydrogen-bond acceptors (Lipinski definition) is 3. The second kappa shape index (κ2) is 9.39. The van der Waals surface area contributed by atoms with Crippen LogP contribution in [0.2, 0.25) is 10.0 Å². The van der Waals surface area contributed by atoms with E-state index >= 15 is 0 Å². The van der Waals surface area contributed by atoms with E-state index in [1.165, 1.54) is 6.08 Å². The molecule has 0 fully saturated rings. The molecular formula is C20H13BrCl2N2O2S. The lowest BCUT2D eigenvalue weighted by molar-refractivity contribution is -0.115. The molecule has 0 bridgehead atoms. The molecule has 8 heteroatoms. The highest BCUT2D eigenvalue weighted by molar-refractivity contribution is 9.10. The van der Waals surface area contributed by atoms with Crippen LogP contribution in [-0.4, -0.2) is 11.0 Å². The molecule has 1 amide bonds. The van der Waals surface area contributed by atoms with Gasteiger partial charge in [0.05, 0.1) is 5.69 Å². The van der Waals surface area contributed by atoms with Crippen LogP contribution in [0.1, 0.15) is 5.76 Å². The fraction of sp³-hybridized carbons (Fsp3) is 0. The maximum Gasteiger partial charge on any atom is 0.250 e. The van der Waals surface area contributed by atoms with E-state index in [2.05, 4.69) is 26.6 Å². The standard InChI is InChI=1S/C20H13BrCl2N2O2S/c21-16-3-1-2-4-17(16)24-20(28)25-19(26)8-6-15-5-7-18(27-15)12-9-13(22)11-14(23)10-12/h1-11H,(H2,24,25,26,28)/b8-6+. The highest BCUT2D eigenvalue weighted by Gasteiger charge is 2.07. The van der Waals surface area contributed by atoms with Crippen molar-refractivity contribution in [3.63, 3.8) is 0 Å². The predicted molar refractivity (Wildman–Crippen MR) is 122 cm³/mol. The lowest BCUT2D eigenvalue weighted by atomic mass is 10.2. The number of thiocarbonyl (C=S) groups is 1. The summed E-state index contributed by atoms with van der Waals surface area (Å²) in [4.78, 5) is 12.1. The van der Waals surface area contributed by atoms with Crippen LogP contribution in [0.5, 0.6) is 0 Å². The van der Waals surface area contributed by atoms with E-state index in [9.17, 15) is 4.79 Å². The Labute approximate surface area is 185 Å². The summed E-state index contributed by atoms with van der Waals surface area (Å²) in [6.07, 6.45) is 2.88. The second-order valence-corrected chi connectivity index (χ2v) is 7.75. The van der Waals surface area contributed by atoms with Crippen molar-refractivity contribution in [3.8, 4) is 11.3 Å². The molecule has 0 unspecified atom stereocenters. The Bertz CT molecular complexity index is 1050. The zero-order chi connectivity index (χ0) is 20.1. The number of halogens is 3. The zero-order valence-electron chi connectivity index (χ0n) is 14.2. The van der Waals surface area contributed by atoms with E-state index in [0.717, 1.165) is 15.7 Å². The first-order valence-corrected chi connectivity index (χ1v) is 9.97. The minimum atomic E-state index is -0.381. The Kier molecular flexibility index (Phi) is 6.91. The number of carbonyl (C=O) groups excluding carboxylic acids is 1. The van der Waals surface area contributed by atoms with Gasteiger partial charge in [0.1, 0.15) is 11.5 Å². The SMILES string of the molecule is O=C(/C=C/c1ccc(-c2cc(Cl)cc(Cl)c2)o1)NC(=S)Nc1ccccc1Br. The van der Waals surface area contributed by atoms with E-state index in [4.69, 9.17) is 39.8 Å². The summed E-state index contributed by atoms with van der Waals surface area (Å²) < 4.78 is 6.55. The van der Waals surface area contributed by atoms with Crippen LogP contribution < -0.4 is 10.6 Å². The summed E-state index contributed by atoms with van der Waals surface area (Å²) in [5.74, 6) is 0.717. The highest BCUT2D eigenvalue weighted by Crippen LogP contribution is 2.29. The molecule has 3 rings (SSSR count). The third kappa shape index (κ3) is 5.69. The quantitative estimate of drug-likeness (QED) is 0.318. The van der Waals surface area contributed by atoms with Gasteiger partial charge < -0.3 is 9.73 Å². The number of carbonyl (C=O) groups is 1. The Hall–Kier alpha value is -2.12. The van der Waals surface area contributed by atoms with Crippen LogP contribution in [0.15, 0.2) is 69.6 Å². The summed E-state index contributed by atoms with van der Waals surface area (Å²) in [6, 6.07) is 16.1. The summed E-state index contributed by atoms with van der Waals surface area (Å²) in [5.41, 5.74) is 1.51. The molecule has 0 saturated carbocycles. The van der Waals surface area contributed by atoms with E-state index in [1.807, 2.05) is 24.3 Å². The normalized spacial score (nSPS) is 10.8. The monoisotopic (exact) mass is 494 g/mol. The lowest BCUT2D eigenvalue weighted by Gasteiger charge is -2.09. The number of anilines is 1. The van der Waals surface area contributed by atoms with Crippen LogP contribution >= 0.6 is 51.3 Å². The van der Waals surface area contributed by atoms with Crippen molar-refractivity contribution in [2.24, 2.45) is 0 Å². The summed E-state index contributed by atoms with van der Waals surface area (Å²) in [6.45, 7) is 0. The maximum atomic E-state index is 12.1. The first kappa shape index (κ1) is 20.6. The van der Waals surface area contributed by atoms with E-state index in [-0.39, 0.29) is 11.0 Å². The van der Waals surface area contributed by atoms with Crippen molar-refractivity contribution < 1.29 is 9.21 Å². The van der Waals surface area contributed by atoms with Gasteiger partial charge in [0.25, 0.3) is 0 Å². The van der Waals surface area contributed by atoms with Crippen LogP contribution in [0.4, 0.5) is 5.69 Å². The Morgan fingerprint density at radius 3 is 2.50 bits per heavy atom. The molecule has 0 spiro atoms. The van der Waals surface area contributed by atoms with E-state index < -0.39 is 0 Å². The Morgan fingerprint density at radius 2 is 1.79 bits per heavy atom. The lowest BCUT2D eigenvalue weighted by Crippen LogP contribution is -2.32. The van der Waals surface area contributed by atoms with Gasteiger partial charge >= 0.3 is 0 Å². The highest BCUT2D eigenvalue weighted by atomic mass is 79.9. The first-order valence-electron chi connectivity index (χ1n) is 8.01. The van der Waals surface area contributed by atoms with Crippen LogP contribution in [0.3, 0.4) is 0 Å². The molecule has 1 aromatic heterocycles. The molecule has 0 radical (unpaired) electrons. The van der Waals surface area contributed by atoms with Gasteiger partial charge in [-0.2, -0.15) is 0 Å². The van der Waals surface area contributed by atoms with Crippen molar-refractivity contribution in [2.75, 3.05) is 5.32 Å². The van der Waals surface area contributed by atoms with Crippen molar-refractivity contribution in [2.45, 2.75) is 0 Å². The van der Waals surface area contributed by atoms with Crippen molar-refractivity contribution >= 4 is 74.1 Å². The number of amides is 1. The smallest absolute Gasteiger partial charge is 0.250 e. The summed E-state index contributed by atoms with van der Waals surface area (Å²) >= 11 is 20.6. The van der Waals surface area contributed by atoms with E-state index in [1.54, 1.807) is 36.4 Å². The Morgan fingerprint density at radius 1 is 1.07 bits per heavy atom. The van der Waals surface area contributed by atoms with Crippen molar-refractivity contribution in [1.29, 1.82) is 0 Å². The van der Waals surface area contributed by atoms with Gasteiger partial charge in [-0.15, -0.1) is 0 Å². The maximum absolute atomic E-state index is 12.1. The molecule has 2 N–H and O–H groups in total. The van der Waals surface area contributed by atoms with Gasteiger partial charge in [-0.05, 0) is 76.7 Å². The van der Waals surface area contributed by atoms with Gasteiger partial charge in [0, 0.05) is 26.2 Å². The molecule has 2 aromatic carbocycles. The topological polar surface area (TPSA) is 54.3 Å². The minimum absolute atomic E-state index is 0.190. The number of rotatable bonds is 4. The molecule has 1 heterocycles. The Balaban J connectivity index is 1.61. The van der Waals surface area contributed by atoms with Crippen LogP contribution in [0.25, 0.3) is 17.4 Å². The molecule has 3 aromatic rings. The third-order valence-electron chi connectivity index (χ3n) is 3.53. The summed E-state index contributed by atoms with van der Waals surface area (Å²) in [5, 5.41) is 6.74. The number of nitrogens with one attached hydrogen (secondary N) is 2. The van der Waals surface area contributed by atoms with Gasteiger partial charge in [-0.3, -0.25) is 10.1 Å². The van der Waals surface area contributed by atoms with Crippen molar-refractivity contribution in [3.05, 3.63) is 81.0 Å². The van der Waals surface area contributed by atoms with Crippen LogP contribution in [0, 0.1) is 0 Å². The molecule has 0 atom stereocenters. The summed E-state index contributed by atoms with van der Waals surface area (Å²) in [7, 11) is 0. The fourth-order valence-corrected chi connectivity index (χ4v) is 3.44. The van der Waals surface area contributed by atoms with E-state index in [0.29, 0.717) is 21.6 Å². The molecule has 4 nitrogen and oxygen atoms in total. The third-order valence-corrected chi connectivity index (χ3v) is 4.86. The number of para-hydroxylation sites is 1. The van der Waals surface area contributed by atoms with Crippen LogP contribution in [-0.2, 0) is 4.79 Å². The average molecular weight is 496 g/mol. The van der Waals surface area contributed by atoms with Gasteiger partial charge in [0.2, 0.25) is 5.91 Å². The number of benzene rings is 2. The molecule has 0 aliphatic rings. The predicted octanol–water partition coefficient (Wildman–Crippen LogP) is 6.54. The first-order chi connectivity index (χ1) is 13.4. The molecular weight excluding hydrogens is 483 g/mol. The second-order valence-electron chi connectivity index (χ2n) is 5.62. The van der Waals surface area contributed by atoms with Gasteiger partial charge in [0.15, 0.2) is 5.11 Å². The van der Waals surface area contributed by atoms with Crippen molar-refractivity contribution in [1.82, 2.24) is 5.32 Å². The molecule has 142 valence electrons. The largest absolute Gasteiger partial charge is 0.457 e. The molecule has 28 heavy (non-hydrogen) atoms. The fourth-order valence-electron chi connectivity index (χ4n) is 2.32. The van der Waals surface area contributed by atoms with Gasteiger partial charge in [-0.1, -0.05) is 35.3 Å². The average Bonchev–Trinajstić information content (AvgIpc) is 3.10.